The van der Waals surface area contributed by atoms with E-state index in [1.165, 1.54) is 0 Å². The Morgan fingerprint density at radius 1 is 1.05 bits per heavy atom. The standard InChI is InChI=1S/C13H21ClN2O4/c1-17-4-5-18-6-7-19-8-9-20-13-3-2-11(14)12(10-15)16-13/h2-3H,4-10,15H2,1H3. The molecule has 1 rings (SSSR count). The summed E-state index contributed by atoms with van der Waals surface area (Å²) < 4.78 is 20.9. The number of halogens is 1. The van der Waals surface area contributed by atoms with Crippen molar-refractivity contribution >= 4 is 11.6 Å². The van der Waals surface area contributed by atoms with Gasteiger partial charge in [0.2, 0.25) is 5.88 Å². The van der Waals surface area contributed by atoms with Gasteiger partial charge in [-0.25, -0.2) is 4.98 Å². The normalized spacial score (nSPS) is 10.8. The predicted molar refractivity (Wildman–Crippen MR) is 76.1 cm³/mol. The molecule has 20 heavy (non-hydrogen) atoms. The molecule has 7 heteroatoms. The van der Waals surface area contributed by atoms with Gasteiger partial charge in [0.05, 0.1) is 43.8 Å². The number of hydrogen-bond acceptors (Lipinski definition) is 6. The number of methoxy groups -OCH3 is 1. The Labute approximate surface area is 124 Å². The van der Waals surface area contributed by atoms with E-state index in [4.69, 9.17) is 36.3 Å². The molecule has 0 saturated carbocycles. The second-order valence-electron chi connectivity index (χ2n) is 3.85. The molecule has 0 saturated heterocycles. The molecule has 0 spiro atoms. The highest BCUT2D eigenvalue weighted by molar-refractivity contribution is 6.31. The van der Waals surface area contributed by atoms with E-state index in [2.05, 4.69) is 4.98 Å². The van der Waals surface area contributed by atoms with Gasteiger partial charge in [-0.2, -0.15) is 0 Å². The van der Waals surface area contributed by atoms with Crippen LogP contribution in [0.15, 0.2) is 12.1 Å². The van der Waals surface area contributed by atoms with E-state index in [1.54, 1.807) is 19.2 Å². The second-order valence-corrected chi connectivity index (χ2v) is 4.26. The van der Waals surface area contributed by atoms with Gasteiger partial charge in [-0.3, -0.25) is 0 Å². The maximum absolute atomic E-state index is 5.91. The van der Waals surface area contributed by atoms with Gasteiger partial charge in [-0.15, -0.1) is 0 Å². The van der Waals surface area contributed by atoms with Gasteiger partial charge in [-0.05, 0) is 6.07 Å². The molecule has 0 bridgehead atoms. The first-order chi connectivity index (χ1) is 9.77. The SMILES string of the molecule is COCCOCCOCCOc1ccc(Cl)c(CN)n1. The lowest BCUT2D eigenvalue weighted by Crippen LogP contribution is -2.13. The number of hydrogen-bond donors (Lipinski definition) is 1. The third kappa shape index (κ3) is 7.02. The first-order valence-corrected chi connectivity index (χ1v) is 6.78. The van der Waals surface area contributed by atoms with Crippen LogP contribution in [-0.2, 0) is 20.8 Å². The first-order valence-electron chi connectivity index (χ1n) is 6.40. The van der Waals surface area contributed by atoms with E-state index in [0.717, 1.165) is 0 Å². The van der Waals surface area contributed by atoms with Crippen molar-refractivity contribution in [3.8, 4) is 5.88 Å². The molecule has 0 aliphatic carbocycles. The summed E-state index contributed by atoms with van der Waals surface area (Å²) in [4.78, 5) is 4.19. The molecule has 0 aromatic carbocycles. The fourth-order valence-electron chi connectivity index (χ4n) is 1.36. The Hall–Kier alpha value is -0.920. The number of ether oxygens (including phenoxy) is 4. The molecule has 1 aromatic rings. The van der Waals surface area contributed by atoms with Crippen molar-refractivity contribution in [1.29, 1.82) is 0 Å². The van der Waals surface area contributed by atoms with Crippen molar-refractivity contribution in [2.24, 2.45) is 5.73 Å². The van der Waals surface area contributed by atoms with Gasteiger partial charge in [-0.1, -0.05) is 11.6 Å². The average Bonchev–Trinajstić information content (AvgIpc) is 2.47. The second kappa shape index (κ2) is 10.8. The van der Waals surface area contributed by atoms with E-state index in [-0.39, 0.29) is 6.54 Å². The number of nitrogens with zero attached hydrogens (tertiary/aromatic N) is 1. The van der Waals surface area contributed by atoms with Crippen LogP contribution in [0, 0.1) is 0 Å². The molecule has 6 nitrogen and oxygen atoms in total. The summed E-state index contributed by atoms with van der Waals surface area (Å²) in [5, 5.41) is 0.546. The zero-order valence-corrected chi connectivity index (χ0v) is 12.4. The molecule has 0 atom stereocenters. The van der Waals surface area contributed by atoms with Crippen LogP contribution < -0.4 is 10.5 Å². The van der Waals surface area contributed by atoms with Gasteiger partial charge in [0.15, 0.2) is 0 Å². The maximum Gasteiger partial charge on any atom is 0.213 e. The van der Waals surface area contributed by atoms with Crippen LogP contribution in [-0.4, -0.2) is 51.7 Å². The quantitative estimate of drug-likeness (QED) is 0.620. The maximum atomic E-state index is 5.91. The molecule has 0 radical (unpaired) electrons. The Balaban J connectivity index is 2.06. The van der Waals surface area contributed by atoms with E-state index < -0.39 is 0 Å². The third-order valence-corrected chi connectivity index (χ3v) is 2.71. The lowest BCUT2D eigenvalue weighted by molar-refractivity contribution is 0.0176. The third-order valence-electron chi connectivity index (χ3n) is 2.37. The highest BCUT2D eigenvalue weighted by Gasteiger charge is 2.02. The van der Waals surface area contributed by atoms with Crippen molar-refractivity contribution in [3.63, 3.8) is 0 Å². The summed E-state index contributed by atoms with van der Waals surface area (Å²) in [5.41, 5.74) is 6.14. The van der Waals surface area contributed by atoms with Gasteiger partial charge < -0.3 is 24.7 Å². The molecule has 0 unspecified atom stereocenters. The molecule has 0 fully saturated rings. The topological polar surface area (TPSA) is 75.8 Å². The highest BCUT2D eigenvalue weighted by atomic mass is 35.5. The molecule has 2 N–H and O–H groups in total. The highest BCUT2D eigenvalue weighted by Crippen LogP contribution is 2.17. The van der Waals surface area contributed by atoms with Crippen LogP contribution in [0.4, 0.5) is 0 Å². The van der Waals surface area contributed by atoms with Crippen LogP contribution in [0.3, 0.4) is 0 Å². The monoisotopic (exact) mass is 304 g/mol. The molecular weight excluding hydrogens is 284 g/mol. The molecule has 114 valence electrons. The minimum atomic E-state index is 0.283. The van der Waals surface area contributed by atoms with Gasteiger partial charge >= 0.3 is 0 Å². The molecule has 0 aliphatic heterocycles. The van der Waals surface area contributed by atoms with Crippen LogP contribution in [0.25, 0.3) is 0 Å². The molecule has 0 aliphatic rings. The largest absolute Gasteiger partial charge is 0.475 e. The molecule has 0 amide bonds. The minimum Gasteiger partial charge on any atom is -0.475 e. The van der Waals surface area contributed by atoms with Crippen molar-refractivity contribution in [2.75, 3.05) is 46.8 Å². The zero-order valence-electron chi connectivity index (χ0n) is 11.6. The number of pyridine rings is 1. The van der Waals surface area contributed by atoms with E-state index in [0.29, 0.717) is 56.2 Å². The number of aromatic nitrogens is 1. The first kappa shape index (κ1) is 17.1. The summed E-state index contributed by atoms with van der Waals surface area (Å²) in [6.45, 7) is 3.40. The summed E-state index contributed by atoms with van der Waals surface area (Å²) in [5.74, 6) is 0.495. The molecule has 1 heterocycles. The Morgan fingerprint density at radius 3 is 2.35 bits per heavy atom. The van der Waals surface area contributed by atoms with Crippen molar-refractivity contribution in [3.05, 3.63) is 22.8 Å². The van der Waals surface area contributed by atoms with E-state index in [9.17, 15) is 0 Å². The summed E-state index contributed by atoms with van der Waals surface area (Å²) in [6.07, 6.45) is 0. The summed E-state index contributed by atoms with van der Waals surface area (Å²) in [6, 6.07) is 3.42. The number of rotatable bonds is 11. The predicted octanol–water partition coefficient (Wildman–Crippen LogP) is 1.25. The Morgan fingerprint density at radius 2 is 1.70 bits per heavy atom. The van der Waals surface area contributed by atoms with Gasteiger partial charge in [0.25, 0.3) is 0 Å². The summed E-state index contributed by atoms with van der Waals surface area (Å²) >= 11 is 5.91. The lowest BCUT2D eigenvalue weighted by atomic mass is 10.3. The van der Waals surface area contributed by atoms with Gasteiger partial charge in [0, 0.05) is 19.7 Å². The van der Waals surface area contributed by atoms with Crippen LogP contribution in [0.1, 0.15) is 5.69 Å². The fraction of sp³-hybridized carbons (Fsp3) is 0.615. The van der Waals surface area contributed by atoms with Crippen molar-refractivity contribution in [2.45, 2.75) is 6.54 Å². The van der Waals surface area contributed by atoms with Crippen LogP contribution in [0.5, 0.6) is 5.88 Å². The van der Waals surface area contributed by atoms with E-state index in [1.807, 2.05) is 0 Å². The summed E-state index contributed by atoms with van der Waals surface area (Å²) in [7, 11) is 1.64. The fourth-order valence-corrected chi connectivity index (χ4v) is 1.54. The van der Waals surface area contributed by atoms with Crippen molar-refractivity contribution < 1.29 is 18.9 Å². The van der Waals surface area contributed by atoms with Crippen LogP contribution >= 0.6 is 11.6 Å². The smallest absolute Gasteiger partial charge is 0.213 e. The van der Waals surface area contributed by atoms with Gasteiger partial charge in [0.1, 0.15) is 6.61 Å². The molecule has 1 aromatic heterocycles. The van der Waals surface area contributed by atoms with E-state index >= 15 is 0 Å². The lowest BCUT2D eigenvalue weighted by Gasteiger charge is -2.08. The van der Waals surface area contributed by atoms with Crippen LogP contribution in [0.2, 0.25) is 5.02 Å². The van der Waals surface area contributed by atoms with Crippen molar-refractivity contribution in [1.82, 2.24) is 4.98 Å². The Bertz CT molecular complexity index is 379. The average molecular weight is 305 g/mol. The molecular formula is C13H21ClN2O4. The minimum absolute atomic E-state index is 0.283. The zero-order chi connectivity index (χ0) is 14.6. The number of nitrogens with two attached hydrogens (primary N) is 1. The Kier molecular flexibility index (Phi) is 9.27.